The van der Waals surface area contributed by atoms with Gasteiger partial charge in [0.15, 0.2) is 0 Å². The molecule has 0 saturated heterocycles. The van der Waals surface area contributed by atoms with E-state index in [1.165, 1.54) is 5.56 Å². The van der Waals surface area contributed by atoms with Crippen molar-refractivity contribution in [2.75, 3.05) is 6.61 Å². The van der Waals surface area contributed by atoms with Gasteiger partial charge in [0, 0.05) is 41.6 Å². The number of aromatic nitrogens is 2. The van der Waals surface area contributed by atoms with Gasteiger partial charge in [0.25, 0.3) is 5.56 Å². The van der Waals surface area contributed by atoms with E-state index in [-0.39, 0.29) is 12.0 Å². The molecule has 1 aliphatic carbocycles. The molecular weight excluding hydrogens is 480 g/mol. The van der Waals surface area contributed by atoms with Gasteiger partial charge in [-0.25, -0.2) is 0 Å². The lowest BCUT2D eigenvalue weighted by atomic mass is 9.87. The summed E-state index contributed by atoms with van der Waals surface area (Å²) in [6.07, 6.45) is 4.81. The Balaban J connectivity index is 0.000000540. The number of carboxylic acid groups (broad SMARTS) is 1. The van der Waals surface area contributed by atoms with E-state index in [0.717, 1.165) is 69.1 Å². The molecule has 0 radical (unpaired) electrons. The number of hydrogen-bond donors (Lipinski definition) is 2. The van der Waals surface area contributed by atoms with Crippen LogP contribution in [0.2, 0.25) is 0 Å². The van der Waals surface area contributed by atoms with Gasteiger partial charge < -0.3 is 19.5 Å². The van der Waals surface area contributed by atoms with Gasteiger partial charge in [0.1, 0.15) is 5.75 Å². The molecule has 2 aromatic heterocycles. The Hall–Kier alpha value is -3.71. The summed E-state index contributed by atoms with van der Waals surface area (Å²) in [5, 5.41) is 20.1. The Kier molecular flexibility index (Phi) is 6.73. The van der Waals surface area contributed by atoms with E-state index in [1.807, 2.05) is 48.0 Å². The van der Waals surface area contributed by atoms with Gasteiger partial charge in [0.05, 0.1) is 29.7 Å². The topological polar surface area (TPSA) is 102 Å². The molecule has 7 heteroatoms. The number of hydrogen-bond acceptors (Lipinski definition) is 5. The minimum Gasteiger partial charge on any atom is -0.493 e. The third-order valence-corrected chi connectivity index (χ3v) is 6.93. The van der Waals surface area contributed by atoms with Crippen LogP contribution in [0, 0.1) is 12.8 Å². The smallest absolute Gasteiger partial charge is 0.307 e. The molecule has 4 aromatic rings. The van der Waals surface area contributed by atoms with Crippen LogP contribution in [0.15, 0.2) is 47.4 Å². The van der Waals surface area contributed by atoms with Crippen LogP contribution in [0.5, 0.6) is 5.75 Å². The monoisotopic (exact) mass is 514 g/mol. The first kappa shape index (κ1) is 25.9. The first-order valence-corrected chi connectivity index (χ1v) is 13.1. The number of pyridine rings is 2. The summed E-state index contributed by atoms with van der Waals surface area (Å²) in [6, 6.07) is 11.4. The third kappa shape index (κ3) is 5.29. The van der Waals surface area contributed by atoms with E-state index in [2.05, 4.69) is 0 Å². The van der Waals surface area contributed by atoms with Crippen molar-refractivity contribution in [2.24, 2.45) is 5.92 Å². The first-order chi connectivity index (χ1) is 18.0. The lowest BCUT2D eigenvalue weighted by Crippen LogP contribution is -2.21. The predicted octanol–water partition coefficient (Wildman–Crippen LogP) is 5.27. The van der Waals surface area contributed by atoms with Crippen molar-refractivity contribution >= 4 is 27.8 Å². The highest BCUT2D eigenvalue weighted by Gasteiger charge is 2.26. The van der Waals surface area contributed by atoms with Gasteiger partial charge in [-0.15, -0.1) is 0 Å². The molecule has 0 unspecified atom stereocenters. The van der Waals surface area contributed by atoms with Gasteiger partial charge in [-0.2, -0.15) is 0 Å². The zero-order valence-corrected chi connectivity index (χ0v) is 22.4. The minimum atomic E-state index is -0.885. The molecule has 0 spiro atoms. The Morgan fingerprint density at radius 2 is 1.89 bits per heavy atom. The number of benzene rings is 2. The Labute approximate surface area is 221 Å². The van der Waals surface area contributed by atoms with Crippen LogP contribution < -0.4 is 10.3 Å². The molecule has 7 nitrogen and oxygen atoms in total. The summed E-state index contributed by atoms with van der Waals surface area (Å²) in [5.41, 5.74) is 5.68. The lowest BCUT2D eigenvalue weighted by Gasteiger charge is -2.22. The van der Waals surface area contributed by atoms with Crippen LogP contribution in [0.1, 0.15) is 50.3 Å². The Morgan fingerprint density at radius 3 is 2.58 bits per heavy atom. The molecule has 0 amide bonds. The maximum atomic E-state index is 12.8. The second kappa shape index (κ2) is 9.87. The number of ether oxygens (including phenoxy) is 1. The Bertz CT molecular complexity index is 1590. The van der Waals surface area contributed by atoms with Gasteiger partial charge in [-0.1, -0.05) is 0 Å². The number of nitrogens with zero attached hydrogens (tertiary/aromatic N) is 2. The van der Waals surface area contributed by atoms with E-state index in [0.29, 0.717) is 19.1 Å². The van der Waals surface area contributed by atoms with Crippen molar-refractivity contribution in [1.82, 2.24) is 9.55 Å². The van der Waals surface area contributed by atoms with Crippen molar-refractivity contribution < 1.29 is 19.7 Å². The summed E-state index contributed by atoms with van der Waals surface area (Å²) >= 11 is 0. The van der Waals surface area contributed by atoms with Gasteiger partial charge in [-0.05, 0) is 99.0 Å². The van der Waals surface area contributed by atoms with Crippen molar-refractivity contribution in [1.29, 1.82) is 0 Å². The van der Waals surface area contributed by atoms with Crippen molar-refractivity contribution in [3.8, 4) is 16.9 Å². The summed E-state index contributed by atoms with van der Waals surface area (Å²) in [5.74, 6) is 0.463. The fourth-order valence-electron chi connectivity index (χ4n) is 5.15. The molecule has 2 aliphatic rings. The molecule has 6 rings (SSSR count). The average Bonchev–Trinajstić information content (AvgIpc) is 3.66. The zero-order chi connectivity index (χ0) is 27.2. The molecule has 0 atom stereocenters. The maximum Gasteiger partial charge on any atom is 0.307 e. The molecule has 2 N–H and O–H groups in total. The third-order valence-electron chi connectivity index (χ3n) is 6.93. The highest BCUT2D eigenvalue weighted by Crippen LogP contribution is 2.42. The van der Waals surface area contributed by atoms with E-state index >= 15 is 0 Å². The molecular formula is C31H34N2O5. The molecule has 0 bridgehead atoms. The Morgan fingerprint density at radius 1 is 1.16 bits per heavy atom. The van der Waals surface area contributed by atoms with Crippen LogP contribution in [-0.2, 0) is 24.2 Å². The van der Waals surface area contributed by atoms with Crippen LogP contribution in [0.25, 0.3) is 32.9 Å². The highest BCUT2D eigenvalue weighted by molar-refractivity contribution is 6.07. The fraction of sp³-hybridized carbons (Fsp3) is 0.387. The van der Waals surface area contributed by atoms with E-state index < -0.39 is 11.6 Å². The van der Waals surface area contributed by atoms with E-state index in [1.54, 1.807) is 26.8 Å². The number of fused-ring (bicyclic) bond motifs is 1. The second-order valence-corrected chi connectivity index (χ2v) is 11.4. The van der Waals surface area contributed by atoms with Gasteiger partial charge >= 0.3 is 5.97 Å². The largest absolute Gasteiger partial charge is 0.493 e. The number of carbonyl (C=O) groups is 1. The second-order valence-electron chi connectivity index (χ2n) is 11.4. The summed E-state index contributed by atoms with van der Waals surface area (Å²) in [7, 11) is 0. The molecule has 1 aliphatic heterocycles. The molecule has 198 valence electrons. The van der Waals surface area contributed by atoms with Crippen molar-refractivity contribution in [2.45, 2.75) is 65.5 Å². The normalized spacial score (nSPS) is 14.7. The number of aliphatic carboxylic acids is 1. The fourth-order valence-corrected chi connectivity index (χ4v) is 5.15. The van der Waals surface area contributed by atoms with Crippen LogP contribution in [-0.4, -0.2) is 37.9 Å². The van der Waals surface area contributed by atoms with Crippen LogP contribution in [0.3, 0.4) is 0 Å². The summed E-state index contributed by atoms with van der Waals surface area (Å²) < 4.78 is 7.76. The van der Waals surface area contributed by atoms with Crippen LogP contribution in [0.4, 0.5) is 0 Å². The average molecular weight is 515 g/mol. The highest BCUT2D eigenvalue weighted by atomic mass is 16.5. The number of aryl methyl sites for hydroxylation is 1. The van der Waals surface area contributed by atoms with Crippen molar-refractivity contribution in [3.05, 3.63) is 69.6 Å². The van der Waals surface area contributed by atoms with E-state index in [4.69, 9.17) is 14.8 Å². The minimum absolute atomic E-state index is 0.0193. The van der Waals surface area contributed by atoms with Crippen LogP contribution >= 0.6 is 0 Å². The lowest BCUT2D eigenvalue weighted by molar-refractivity contribution is -0.136. The molecule has 1 fully saturated rings. The SMILES string of the molecule is CC(C)(C)O.Cc1cc2c(ccc(=O)n2CC2CC2)c(-c2ccc3c4c(ccnc24)CCO3)c1CC(=O)O. The molecule has 3 heterocycles. The predicted molar refractivity (Wildman–Crippen MR) is 149 cm³/mol. The number of rotatable bonds is 5. The zero-order valence-electron chi connectivity index (χ0n) is 22.4. The molecule has 38 heavy (non-hydrogen) atoms. The summed E-state index contributed by atoms with van der Waals surface area (Å²) in [6.45, 7) is 8.49. The van der Waals surface area contributed by atoms with E-state index in [9.17, 15) is 14.7 Å². The van der Waals surface area contributed by atoms with Gasteiger partial charge in [0.2, 0.25) is 0 Å². The molecule has 1 saturated carbocycles. The van der Waals surface area contributed by atoms with Gasteiger partial charge in [-0.3, -0.25) is 14.6 Å². The quantitative estimate of drug-likeness (QED) is 0.376. The standard InChI is InChI=1S/C27H24N2O4.C4H10O/c1-15-12-21-18(5-7-23(30)29(21)14-16-2-3-16)26(20(15)13-24(31)32)19-4-6-22-25-17(9-11-33-22)8-10-28-27(19)25;1-4(2,3)5/h4-8,10,12,16H,2-3,9,11,13-14H2,1H3,(H,31,32);5H,1-3H3. The summed E-state index contributed by atoms with van der Waals surface area (Å²) in [4.78, 5) is 29.4. The number of carboxylic acids is 1. The molecule has 2 aromatic carbocycles. The van der Waals surface area contributed by atoms with Crippen molar-refractivity contribution in [3.63, 3.8) is 0 Å². The maximum absolute atomic E-state index is 12.8. The first-order valence-electron chi connectivity index (χ1n) is 13.1. The number of aliphatic hydroxyl groups is 1.